The third-order valence-corrected chi connectivity index (χ3v) is 1.57. The number of hydrogen-bond donors (Lipinski definition) is 1. The maximum Gasteiger partial charge on any atom is 0.147 e. The second-order valence-electron chi connectivity index (χ2n) is 3.07. The van der Waals surface area contributed by atoms with E-state index in [1.807, 2.05) is 0 Å². The highest BCUT2D eigenvalue weighted by atomic mass is 35.5. The lowest BCUT2D eigenvalue weighted by Gasteiger charge is -2.15. The normalized spacial score (nSPS) is 10.8. The molecule has 5 heteroatoms. The fraction of sp³-hybridized carbons (Fsp3) is 0.500. The van der Waals surface area contributed by atoms with Crippen LogP contribution in [-0.2, 0) is 12.2 Å². The van der Waals surface area contributed by atoms with Crippen molar-refractivity contribution < 1.29 is 4.39 Å². The summed E-state index contributed by atoms with van der Waals surface area (Å²) in [6.07, 6.45) is 2.87. The van der Waals surface area contributed by atoms with Crippen molar-refractivity contribution in [2.24, 2.45) is 5.73 Å². The maximum atomic E-state index is 13.4. The van der Waals surface area contributed by atoms with Gasteiger partial charge in [0, 0.05) is 18.3 Å². The molecule has 1 heterocycles. The van der Waals surface area contributed by atoms with Crippen LogP contribution in [0.15, 0.2) is 12.5 Å². The highest BCUT2D eigenvalue weighted by Crippen LogP contribution is 2.24. The molecule has 3 nitrogen and oxygen atoms in total. The molecule has 0 fully saturated rings. The summed E-state index contributed by atoms with van der Waals surface area (Å²) in [6, 6.07) is 0. The van der Waals surface area contributed by atoms with Crippen LogP contribution in [0.4, 0.5) is 4.39 Å². The summed E-state index contributed by atoms with van der Waals surface area (Å²) in [5.41, 5.74) is 4.99. The van der Waals surface area contributed by atoms with E-state index in [1.54, 1.807) is 6.20 Å². The Morgan fingerprint density at radius 3 is 2.54 bits per heavy atom. The van der Waals surface area contributed by atoms with Gasteiger partial charge in [-0.25, -0.2) is 14.4 Å². The van der Waals surface area contributed by atoms with Crippen LogP contribution in [0, 0.1) is 0 Å². The first-order chi connectivity index (χ1) is 5.55. The lowest BCUT2D eigenvalue weighted by molar-refractivity contribution is 0.212. The van der Waals surface area contributed by atoms with Crippen LogP contribution in [0.25, 0.3) is 0 Å². The molecular weight excluding hydrogens is 193 g/mol. The van der Waals surface area contributed by atoms with Crippen molar-refractivity contribution in [3.8, 4) is 0 Å². The van der Waals surface area contributed by atoms with Gasteiger partial charge in [0.05, 0.1) is 5.69 Å². The van der Waals surface area contributed by atoms with Crippen molar-refractivity contribution in [3.63, 3.8) is 0 Å². The number of hydrogen-bond acceptors (Lipinski definition) is 3. The molecule has 0 aromatic carbocycles. The van der Waals surface area contributed by atoms with Gasteiger partial charge in [0.2, 0.25) is 0 Å². The fourth-order valence-corrected chi connectivity index (χ4v) is 1.04. The standard InChI is InChI=1S/C8H12FN3.ClH/c1-8(2,9)7-6(3-10)4-11-5-12-7;/h4-5H,3,10H2,1-2H3;1H. The molecule has 74 valence electrons. The van der Waals surface area contributed by atoms with E-state index in [4.69, 9.17) is 5.73 Å². The number of halogens is 2. The Bertz CT molecular complexity index is 272. The molecule has 0 amide bonds. The molecule has 0 aliphatic rings. The molecule has 13 heavy (non-hydrogen) atoms. The molecule has 0 radical (unpaired) electrons. The van der Waals surface area contributed by atoms with Gasteiger partial charge in [-0.05, 0) is 13.8 Å². The third-order valence-electron chi connectivity index (χ3n) is 1.57. The summed E-state index contributed by atoms with van der Waals surface area (Å²) < 4.78 is 13.4. The minimum Gasteiger partial charge on any atom is -0.326 e. The Labute approximate surface area is 83.0 Å². The van der Waals surface area contributed by atoms with Gasteiger partial charge < -0.3 is 5.73 Å². The topological polar surface area (TPSA) is 51.8 Å². The highest BCUT2D eigenvalue weighted by molar-refractivity contribution is 5.85. The predicted molar refractivity (Wildman–Crippen MR) is 51.3 cm³/mol. The summed E-state index contributed by atoms with van der Waals surface area (Å²) in [6.45, 7) is 3.17. The lowest BCUT2D eigenvalue weighted by atomic mass is 10.0. The van der Waals surface area contributed by atoms with Gasteiger partial charge in [0.15, 0.2) is 0 Å². The molecule has 0 aliphatic carbocycles. The average molecular weight is 206 g/mol. The molecular formula is C8H13ClFN3. The first-order valence-corrected chi connectivity index (χ1v) is 3.74. The molecule has 1 aromatic rings. The van der Waals surface area contributed by atoms with Crippen molar-refractivity contribution in [2.75, 3.05) is 0 Å². The van der Waals surface area contributed by atoms with E-state index in [0.717, 1.165) is 0 Å². The Kier molecular flexibility index (Phi) is 4.23. The molecule has 0 atom stereocenters. The number of nitrogens with two attached hydrogens (primary N) is 1. The quantitative estimate of drug-likeness (QED) is 0.797. The molecule has 1 rings (SSSR count). The van der Waals surface area contributed by atoms with Gasteiger partial charge in [0.25, 0.3) is 0 Å². The van der Waals surface area contributed by atoms with Crippen molar-refractivity contribution >= 4 is 12.4 Å². The summed E-state index contributed by atoms with van der Waals surface area (Å²) in [5.74, 6) is 0. The van der Waals surface area contributed by atoms with Gasteiger partial charge in [0.1, 0.15) is 12.0 Å². The highest BCUT2D eigenvalue weighted by Gasteiger charge is 2.23. The number of aromatic nitrogens is 2. The van der Waals surface area contributed by atoms with Gasteiger partial charge >= 0.3 is 0 Å². The molecule has 0 saturated carbocycles. The van der Waals surface area contributed by atoms with Gasteiger partial charge in [-0.15, -0.1) is 12.4 Å². The Hall–Kier alpha value is -0.740. The Morgan fingerprint density at radius 2 is 2.15 bits per heavy atom. The van der Waals surface area contributed by atoms with E-state index in [0.29, 0.717) is 11.3 Å². The smallest absolute Gasteiger partial charge is 0.147 e. The summed E-state index contributed by atoms with van der Waals surface area (Å²) in [5, 5.41) is 0. The predicted octanol–water partition coefficient (Wildman–Crippen LogP) is 1.56. The van der Waals surface area contributed by atoms with Crippen LogP contribution in [-0.4, -0.2) is 9.97 Å². The summed E-state index contributed by atoms with van der Waals surface area (Å²) in [7, 11) is 0. The van der Waals surface area contributed by atoms with Crippen molar-refractivity contribution in [3.05, 3.63) is 23.8 Å². The average Bonchev–Trinajstić information content (AvgIpc) is 2.03. The molecule has 0 spiro atoms. The van der Waals surface area contributed by atoms with E-state index in [-0.39, 0.29) is 19.0 Å². The first kappa shape index (κ1) is 12.3. The largest absolute Gasteiger partial charge is 0.326 e. The third kappa shape index (κ3) is 2.90. The van der Waals surface area contributed by atoms with Crippen LogP contribution in [0.2, 0.25) is 0 Å². The SMILES string of the molecule is CC(C)(F)c1ncncc1CN.Cl. The molecule has 0 aliphatic heterocycles. The zero-order chi connectivity index (χ0) is 9.19. The van der Waals surface area contributed by atoms with Gasteiger partial charge in [-0.2, -0.15) is 0 Å². The van der Waals surface area contributed by atoms with Crippen LogP contribution < -0.4 is 5.73 Å². The fourth-order valence-electron chi connectivity index (χ4n) is 1.04. The minimum absolute atomic E-state index is 0. The zero-order valence-corrected chi connectivity index (χ0v) is 8.44. The molecule has 1 aromatic heterocycles. The number of nitrogens with zero attached hydrogens (tertiary/aromatic N) is 2. The van der Waals surface area contributed by atoms with Crippen molar-refractivity contribution in [1.82, 2.24) is 9.97 Å². The van der Waals surface area contributed by atoms with Crippen molar-refractivity contribution in [1.29, 1.82) is 0 Å². The maximum absolute atomic E-state index is 13.4. The molecule has 0 saturated heterocycles. The van der Waals surface area contributed by atoms with E-state index in [2.05, 4.69) is 9.97 Å². The first-order valence-electron chi connectivity index (χ1n) is 3.74. The lowest BCUT2D eigenvalue weighted by Crippen LogP contribution is -2.17. The minimum atomic E-state index is -1.45. The zero-order valence-electron chi connectivity index (χ0n) is 7.62. The second kappa shape index (κ2) is 4.48. The Balaban J connectivity index is 0.00000144. The Morgan fingerprint density at radius 1 is 1.54 bits per heavy atom. The monoisotopic (exact) mass is 205 g/mol. The van der Waals surface area contributed by atoms with E-state index in [9.17, 15) is 4.39 Å². The van der Waals surface area contributed by atoms with E-state index in [1.165, 1.54) is 20.2 Å². The molecule has 0 unspecified atom stereocenters. The van der Waals surface area contributed by atoms with Crippen molar-refractivity contribution in [2.45, 2.75) is 26.1 Å². The van der Waals surface area contributed by atoms with Gasteiger partial charge in [-0.3, -0.25) is 0 Å². The molecule has 2 N–H and O–H groups in total. The van der Waals surface area contributed by atoms with Crippen LogP contribution in [0.5, 0.6) is 0 Å². The number of alkyl halides is 1. The van der Waals surface area contributed by atoms with E-state index >= 15 is 0 Å². The summed E-state index contributed by atoms with van der Waals surface area (Å²) >= 11 is 0. The van der Waals surface area contributed by atoms with Gasteiger partial charge in [-0.1, -0.05) is 0 Å². The second-order valence-corrected chi connectivity index (χ2v) is 3.07. The van der Waals surface area contributed by atoms with Crippen LogP contribution in [0.3, 0.4) is 0 Å². The van der Waals surface area contributed by atoms with Crippen LogP contribution in [0.1, 0.15) is 25.1 Å². The molecule has 0 bridgehead atoms. The number of rotatable bonds is 2. The summed E-state index contributed by atoms with van der Waals surface area (Å²) in [4.78, 5) is 7.63. The van der Waals surface area contributed by atoms with Crippen LogP contribution >= 0.6 is 12.4 Å². The van der Waals surface area contributed by atoms with E-state index < -0.39 is 5.67 Å².